The molecule has 1 aromatic heterocycles. The Morgan fingerprint density at radius 3 is 3.04 bits per heavy atom. The molecule has 1 aliphatic carbocycles. The van der Waals surface area contributed by atoms with Crippen LogP contribution in [0.15, 0.2) is 28.7 Å². The molecule has 0 saturated heterocycles. The first-order chi connectivity index (χ1) is 12.2. The molecule has 0 radical (unpaired) electrons. The third-order valence-corrected chi connectivity index (χ3v) is 4.80. The number of nitrogens with one attached hydrogen (secondary N) is 1. The standard InChI is InChI=1S/C19H25N3O3/c1-3-13-6-4-9-16(10-13)20-18(23)14-7-5-8-15(11-14)19-22-21-17(25-19)12-24-2/h5,7-8,11,13,16H,3-4,6,9-10,12H2,1-2H3,(H,20,23)/t13-,16+/m1/s1. The maximum atomic E-state index is 12.6. The van der Waals surface area contributed by atoms with E-state index in [9.17, 15) is 4.79 Å². The predicted octanol–water partition coefficient (Wildman–Crippen LogP) is 3.58. The molecule has 1 aromatic carbocycles. The first kappa shape index (κ1) is 17.6. The van der Waals surface area contributed by atoms with E-state index < -0.39 is 0 Å². The van der Waals surface area contributed by atoms with Gasteiger partial charge in [0, 0.05) is 24.3 Å². The number of methoxy groups -OCH3 is 1. The Kier molecular flexibility index (Phi) is 5.81. The topological polar surface area (TPSA) is 77.2 Å². The summed E-state index contributed by atoms with van der Waals surface area (Å²) in [6.07, 6.45) is 5.79. The highest BCUT2D eigenvalue weighted by molar-refractivity contribution is 5.95. The normalized spacial score (nSPS) is 20.4. The third kappa shape index (κ3) is 4.45. The predicted molar refractivity (Wildman–Crippen MR) is 94.0 cm³/mol. The second-order valence-electron chi connectivity index (χ2n) is 6.63. The summed E-state index contributed by atoms with van der Waals surface area (Å²) >= 11 is 0. The summed E-state index contributed by atoms with van der Waals surface area (Å²) in [7, 11) is 1.57. The van der Waals surface area contributed by atoms with Gasteiger partial charge in [-0.1, -0.05) is 32.3 Å². The Labute approximate surface area is 148 Å². The average Bonchev–Trinajstić information content (AvgIpc) is 3.11. The minimum atomic E-state index is -0.0415. The molecule has 0 unspecified atom stereocenters. The molecule has 1 N–H and O–H groups in total. The maximum absolute atomic E-state index is 12.6. The summed E-state index contributed by atoms with van der Waals surface area (Å²) in [4.78, 5) is 12.6. The van der Waals surface area contributed by atoms with Gasteiger partial charge in [0.25, 0.3) is 5.91 Å². The van der Waals surface area contributed by atoms with E-state index in [0.717, 1.165) is 24.3 Å². The highest BCUT2D eigenvalue weighted by atomic mass is 16.5. The van der Waals surface area contributed by atoms with Gasteiger partial charge in [-0.3, -0.25) is 4.79 Å². The van der Waals surface area contributed by atoms with E-state index in [0.29, 0.717) is 17.3 Å². The van der Waals surface area contributed by atoms with Crippen molar-refractivity contribution in [2.24, 2.45) is 5.92 Å². The summed E-state index contributed by atoms with van der Waals surface area (Å²) in [6.45, 7) is 2.49. The number of nitrogens with zero attached hydrogens (tertiary/aromatic N) is 2. The van der Waals surface area contributed by atoms with Gasteiger partial charge in [0.05, 0.1) is 0 Å². The minimum absolute atomic E-state index is 0.0415. The van der Waals surface area contributed by atoms with E-state index in [4.69, 9.17) is 9.15 Å². The van der Waals surface area contributed by atoms with Gasteiger partial charge in [-0.15, -0.1) is 10.2 Å². The molecule has 0 bridgehead atoms. The Morgan fingerprint density at radius 1 is 1.36 bits per heavy atom. The molecule has 1 heterocycles. The van der Waals surface area contributed by atoms with Crippen molar-refractivity contribution in [1.29, 1.82) is 0 Å². The van der Waals surface area contributed by atoms with Gasteiger partial charge >= 0.3 is 0 Å². The zero-order valence-electron chi connectivity index (χ0n) is 14.8. The molecule has 0 aliphatic heterocycles. The number of carbonyl (C=O) groups excluding carboxylic acids is 1. The lowest BCUT2D eigenvalue weighted by Gasteiger charge is -2.29. The van der Waals surface area contributed by atoms with Gasteiger partial charge in [0.2, 0.25) is 11.8 Å². The zero-order valence-corrected chi connectivity index (χ0v) is 14.8. The number of amides is 1. The molecule has 1 fully saturated rings. The van der Waals surface area contributed by atoms with Crippen LogP contribution in [0, 0.1) is 5.92 Å². The first-order valence-corrected chi connectivity index (χ1v) is 8.92. The summed E-state index contributed by atoms with van der Waals surface area (Å²) < 4.78 is 10.5. The van der Waals surface area contributed by atoms with Gasteiger partial charge in [-0.05, 0) is 37.0 Å². The molecule has 3 rings (SSSR count). The second-order valence-corrected chi connectivity index (χ2v) is 6.63. The summed E-state index contributed by atoms with van der Waals surface area (Å²) in [6, 6.07) is 7.56. The fourth-order valence-electron chi connectivity index (χ4n) is 3.41. The van der Waals surface area contributed by atoms with Gasteiger partial charge in [0.15, 0.2) is 0 Å². The van der Waals surface area contributed by atoms with Crippen LogP contribution < -0.4 is 5.32 Å². The Balaban J connectivity index is 1.68. The largest absolute Gasteiger partial charge is 0.418 e. The van der Waals surface area contributed by atoms with Crippen LogP contribution >= 0.6 is 0 Å². The first-order valence-electron chi connectivity index (χ1n) is 8.92. The smallest absolute Gasteiger partial charge is 0.251 e. The highest BCUT2D eigenvalue weighted by Gasteiger charge is 2.22. The van der Waals surface area contributed by atoms with Crippen LogP contribution in [-0.2, 0) is 11.3 Å². The van der Waals surface area contributed by atoms with Crippen molar-refractivity contribution in [2.75, 3.05) is 7.11 Å². The van der Waals surface area contributed by atoms with Crippen molar-refractivity contribution in [2.45, 2.75) is 51.7 Å². The van der Waals surface area contributed by atoms with Crippen molar-refractivity contribution >= 4 is 5.91 Å². The number of rotatable bonds is 6. The molecule has 134 valence electrons. The Bertz CT molecular complexity index is 713. The third-order valence-electron chi connectivity index (χ3n) is 4.80. The van der Waals surface area contributed by atoms with Crippen LogP contribution in [0.4, 0.5) is 0 Å². The van der Waals surface area contributed by atoms with Crippen molar-refractivity contribution in [3.05, 3.63) is 35.7 Å². The zero-order chi connectivity index (χ0) is 17.6. The number of benzene rings is 1. The molecule has 0 spiro atoms. The van der Waals surface area contributed by atoms with E-state index >= 15 is 0 Å². The Hall–Kier alpha value is -2.21. The van der Waals surface area contributed by atoms with Crippen LogP contribution in [0.3, 0.4) is 0 Å². The molecule has 25 heavy (non-hydrogen) atoms. The van der Waals surface area contributed by atoms with Gasteiger partial charge in [0.1, 0.15) is 6.61 Å². The molecule has 2 aromatic rings. The Morgan fingerprint density at radius 2 is 2.24 bits per heavy atom. The van der Waals surface area contributed by atoms with Gasteiger partial charge in [-0.25, -0.2) is 0 Å². The van der Waals surface area contributed by atoms with E-state index in [1.807, 2.05) is 18.2 Å². The van der Waals surface area contributed by atoms with Gasteiger partial charge < -0.3 is 14.5 Å². The fourth-order valence-corrected chi connectivity index (χ4v) is 3.41. The lowest BCUT2D eigenvalue weighted by molar-refractivity contribution is 0.0919. The summed E-state index contributed by atoms with van der Waals surface area (Å²) in [5.41, 5.74) is 1.35. The fraction of sp³-hybridized carbons (Fsp3) is 0.526. The number of aromatic nitrogens is 2. The molecule has 2 atom stereocenters. The van der Waals surface area contributed by atoms with Crippen LogP contribution in [0.25, 0.3) is 11.5 Å². The number of hydrogen-bond donors (Lipinski definition) is 1. The number of ether oxygens (including phenoxy) is 1. The molecule has 1 aliphatic rings. The van der Waals surface area contributed by atoms with E-state index in [2.05, 4.69) is 22.4 Å². The van der Waals surface area contributed by atoms with Crippen molar-refractivity contribution in [3.8, 4) is 11.5 Å². The molecule has 1 amide bonds. The second kappa shape index (κ2) is 8.25. The SMILES string of the molecule is CC[C@@H]1CCC[C@H](NC(=O)c2cccc(-c3nnc(COC)o3)c2)C1. The quantitative estimate of drug-likeness (QED) is 0.867. The summed E-state index contributed by atoms with van der Waals surface area (Å²) in [5.74, 6) is 1.49. The minimum Gasteiger partial charge on any atom is -0.418 e. The maximum Gasteiger partial charge on any atom is 0.251 e. The molecular formula is C19H25N3O3. The van der Waals surface area contributed by atoms with Crippen LogP contribution in [0.2, 0.25) is 0 Å². The molecule has 6 nitrogen and oxygen atoms in total. The average molecular weight is 343 g/mol. The van der Waals surface area contributed by atoms with Gasteiger partial charge in [-0.2, -0.15) is 0 Å². The lowest BCUT2D eigenvalue weighted by Crippen LogP contribution is -2.38. The van der Waals surface area contributed by atoms with Crippen molar-refractivity contribution in [3.63, 3.8) is 0 Å². The molecule has 6 heteroatoms. The van der Waals surface area contributed by atoms with E-state index in [1.165, 1.54) is 19.3 Å². The van der Waals surface area contributed by atoms with Crippen molar-refractivity contribution < 1.29 is 13.9 Å². The number of hydrogen-bond acceptors (Lipinski definition) is 5. The summed E-state index contributed by atoms with van der Waals surface area (Å²) in [5, 5.41) is 11.1. The monoisotopic (exact) mass is 343 g/mol. The molecular weight excluding hydrogens is 318 g/mol. The van der Waals surface area contributed by atoms with Crippen LogP contribution in [0.1, 0.15) is 55.3 Å². The van der Waals surface area contributed by atoms with Crippen LogP contribution in [-0.4, -0.2) is 29.3 Å². The lowest BCUT2D eigenvalue weighted by atomic mass is 9.84. The van der Waals surface area contributed by atoms with E-state index in [1.54, 1.807) is 13.2 Å². The molecule has 1 saturated carbocycles. The number of carbonyl (C=O) groups is 1. The van der Waals surface area contributed by atoms with Crippen molar-refractivity contribution in [1.82, 2.24) is 15.5 Å². The van der Waals surface area contributed by atoms with Crippen LogP contribution in [0.5, 0.6) is 0 Å². The highest BCUT2D eigenvalue weighted by Crippen LogP contribution is 2.27. The van der Waals surface area contributed by atoms with E-state index in [-0.39, 0.29) is 18.6 Å².